The third kappa shape index (κ3) is 3.98. The smallest absolute Gasteiger partial charge is 0.358 e. The molecule has 2 amide bonds. The van der Waals surface area contributed by atoms with Crippen LogP contribution in [0.4, 0.5) is 11.5 Å². The lowest BCUT2D eigenvalue weighted by Crippen LogP contribution is -2.57. The lowest BCUT2D eigenvalue weighted by Gasteiger charge is -2.44. The number of primary amides is 1. The first-order valence-electron chi connectivity index (χ1n) is 11.6. The number of fused-ring (bicyclic) bond motifs is 1. The fourth-order valence-electron chi connectivity index (χ4n) is 4.67. The van der Waals surface area contributed by atoms with Crippen molar-refractivity contribution in [3.05, 3.63) is 84.6 Å². The van der Waals surface area contributed by atoms with Crippen LogP contribution in [0.5, 0.6) is 0 Å². The summed E-state index contributed by atoms with van der Waals surface area (Å²) in [5, 5.41) is 1.94. The number of benzene rings is 2. The highest BCUT2D eigenvalue weighted by atomic mass is 16.6. The molecule has 1 aliphatic carbocycles. The number of imidazole rings is 1. The maximum Gasteiger partial charge on any atom is 0.358 e. The van der Waals surface area contributed by atoms with Crippen LogP contribution in [0.2, 0.25) is 0 Å². The molecule has 1 saturated carbocycles. The number of amides is 2. The molecule has 0 bridgehead atoms. The Hall–Kier alpha value is -4.53. The first-order valence-corrected chi connectivity index (χ1v) is 11.6. The predicted molar refractivity (Wildman–Crippen MR) is 134 cm³/mol. The van der Waals surface area contributed by atoms with E-state index in [1.54, 1.807) is 36.5 Å². The summed E-state index contributed by atoms with van der Waals surface area (Å²) >= 11 is 0. The molecular formula is C27H25N5O4. The molecule has 9 heteroatoms. The van der Waals surface area contributed by atoms with E-state index >= 15 is 0 Å². The summed E-state index contributed by atoms with van der Waals surface area (Å²) in [6.45, 7) is 3.23. The normalized spacial score (nSPS) is 18.9. The van der Waals surface area contributed by atoms with E-state index in [4.69, 9.17) is 10.5 Å². The van der Waals surface area contributed by atoms with E-state index in [-0.39, 0.29) is 30.5 Å². The van der Waals surface area contributed by atoms with Gasteiger partial charge in [-0.2, -0.15) is 0 Å². The Bertz CT molecular complexity index is 1480. The minimum absolute atomic E-state index is 0.152. The fraction of sp³-hybridized carbons (Fsp3) is 0.222. The summed E-state index contributed by atoms with van der Waals surface area (Å²) in [7, 11) is 0. The quantitative estimate of drug-likeness (QED) is 0.416. The van der Waals surface area contributed by atoms with Gasteiger partial charge in [-0.25, -0.2) is 14.8 Å². The van der Waals surface area contributed by atoms with E-state index in [1.807, 2.05) is 47.0 Å². The number of carbonyl (C=O) groups excluding carboxylic acids is 3. The Kier molecular flexibility index (Phi) is 5.75. The average molecular weight is 484 g/mol. The second-order valence-electron chi connectivity index (χ2n) is 9.01. The van der Waals surface area contributed by atoms with E-state index < -0.39 is 17.5 Å². The van der Waals surface area contributed by atoms with Gasteiger partial charge in [0.15, 0.2) is 17.1 Å². The van der Waals surface area contributed by atoms with Crippen LogP contribution < -0.4 is 10.6 Å². The number of carbonyl (C=O) groups is 3. The Morgan fingerprint density at radius 1 is 1.06 bits per heavy atom. The standard InChI is InChI=1S/C27H25N5O4/c1-17-7-6-12-29-24(17)25(34)36-27(26(28)35)13-20(14-27)31-15-23(30-16-31)32(18(2)33)22-11-5-9-19-8-3-4-10-21(19)22/h3-12,15-16,20H,13-14H2,1-2H3,(H2,28,35). The van der Waals surface area contributed by atoms with Crippen molar-refractivity contribution in [3.63, 3.8) is 0 Å². The van der Waals surface area contributed by atoms with Gasteiger partial charge in [-0.15, -0.1) is 0 Å². The number of rotatable bonds is 6. The third-order valence-electron chi connectivity index (χ3n) is 6.63. The highest BCUT2D eigenvalue weighted by molar-refractivity contribution is 6.06. The highest BCUT2D eigenvalue weighted by Crippen LogP contribution is 2.45. The number of pyridine rings is 1. The van der Waals surface area contributed by atoms with Crippen LogP contribution in [-0.4, -0.2) is 37.9 Å². The molecule has 36 heavy (non-hydrogen) atoms. The zero-order chi connectivity index (χ0) is 25.4. The Balaban J connectivity index is 1.38. The molecule has 2 aromatic carbocycles. The van der Waals surface area contributed by atoms with Crippen molar-refractivity contribution >= 4 is 40.1 Å². The molecule has 5 rings (SSSR count). The molecule has 0 spiro atoms. The lowest BCUT2D eigenvalue weighted by atomic mass is 9.74. The van der Waals surface area contributed by atoms with Gasteiger partial charge in [0.05, 0.1) is 12.0 Å². The number of nitrogens with zero attached hydrogens (tertiary/aromatic N) is 4. The largest absolute Gasteiger partial charge is 0.444 e. The Morgan fingerprint density at radius 3 is 2.53 bits per heavy atom. The Morgan fingerprint density at radius 2 is 1.81 bits per heavy atom. The second kappa shape index (κ2) is 8.92. The van der Waals surface area contributed by atoms with Gasteiger partial charge in [0.2, 0.25) is 5.91 Å². The highest BCUT2D eigenvalue weighted by Gasteiger charge is 2.53. The van der Waals surface area contributed by atoms with Crippen molar-refractivity contribution in [2.24, 2.45) is 5.73 Å². The van der Waals surface area contributed by atoms with E-state index in [0.717, 1.165) is 16.5 Å². The summed E-state index contributed by atoms with van der Waals surface area (Å²) in [5.74, 6) is -1.12. The fourth-order valence-corrected chi connectivity index (χ4v) is 4.67. The van der Waals surface area contributed by atoms with Gasteiger partial charge in [0.1, 0.15) is 0 Å². The molecule has 2 heterocycles. The summed E-state index contributed by atoms with van der Waals surface area (Å²) in [6.07, 6.45) is 5.25. The summed E-state index contributed by atoms with van der Waals surface area (Å²) in [6, 6.07) is 16.9. The van der Waals surface area contributed by atoms with Crippen LogP contribution in [0.1, 0.15) is 41.9 Å². The number of hydrogen-bond acceptors (Lipinski definition) is 6. The second-order valence-corrected chi connectivity index (χ2v) is 9.01. The lowest BCUT2D eigenvalue weighted by molar-refractivity contribution is -0.152. The van der Waals surface area contributed by atoms with Gasteiger partial charge >= 0.3 is 5.97 Å². The average Bonchev–Trinajstić information content (AvgIpc) is 3.30. The monoisotopic (exact) mass is 483 g/mol. The molecule has 0 saturated heterocycles. The van der Waals surface area contributed by atoms with Crippen molar-refractivity contribution in [2.75, 3.05) is 4.90 Å². The molecular weight excluding hydrogens is 458 g/mol. The molecule has 4 aromatic rings. The molecule has 0 aliphatic heterocycles. The van der Waals surface area contributed by atoms with Gasteiger partial charge in [-0.1, -0.05) is 42.5 Å². The maximum atomic E-state index is 12.7. The molecule has 182 valence electrons. The molecule has 1 aliphatic rings. The molecule has 1 fully saturated rings. The van der Waals surface area contributed by atoms with Crippen LogP contribution in [0.25, 0.3) is 10.8 Å². The molecule has 0 atom stereocenters. The van der Waals surface area contributed by atoms with Crippen LogP contribution in [0.15, 0.2) is 73.3 Å². The first-order chi connectivity index (χ1) is 17.3. The van der Waals surface area contributed by atoms with Gasteiger partial charge in [-0.3, -0.25) is 14.5 Å². The summed E-state index contributed by atoms with van der Waals surface area (Å²) < 4.78 is 7.41. The predicted octanol–water partition coefficient (Wildman–Crippen LogP) is 3.84. The number of esters is 1. The van der Waals surface area contributed by atoms with Crippen LogP contribution in [0, 0.1) is 6.92 Å². The summed E-state index contributed by atoms with van der Waals surface area (Å²) in [5.41, 5.74) is 5.75. The van der Waals surface area contributed by atoms with E-state index in [0.29, 0.717) is 11.4 Å². The summed E-state index contributed by atoms with van der Waals surface area (Å²) in [4.78, 5) is 47.8. The van der Waals surface area contributed by atoms with Crippen molar-refractivity contribution < 1.29 is 19.1 Å². The van der Waals surface area contributed by atoms with Gasteiger partial charge in [0.25, 0.3) is 5.91 Å². The number of ether oxygens (including phenoxy) is 1. The van der Waals surface area contributed by atoms with Gasteiger partial charge in [0, 0.05) is 43.6 Å². The minimum Gasteiger partial charge on any atom is -0.444 e. The zero-order valence-electron chi connectivity index (χ0n) is 19.9. The Labute approximate surface area is 207 Å². The van der Waals surface area contributed by atoms with Crippen LogP contribution in [0.3, 0.4) is 0 Å². The molecule has 2 aromatic heterocycles. The molecule has 0 radical (unpaired) electrons. The molecule has 2 N–H and O–H groups in total. The number of hydrogen-bond donors (Lipinski definition) is 1. The van der Waals surface area contributed by atoms with Crippen LogP contribution >= 0.6 is 0 Å². The van der Waals surface area contributed by atoms with E-state index in [2.05, 4.69) is 9.97 Å². The van der Waals surface area contributed by atoms with Crippen LogP contribution in [-0.2, 0) is 14.3 Å². The maximum absolute atomic E-state index is 12.7. The zero-order valence-corrected chi connectivity index (χ0v) is 19.9. The first kappa shape index (κ1) is 23.2. The molecule has 9 nitrogen and oxygen atoms in total. The number of anilines is 2. The van der Waals surface area contributed by atoms with Crippen molar-refractivity contribution in [1.82, 2.24) is 14.5 Å². The number of aryl methyl sites for hydroxylation is 1. The van der Waals surface area contributed by atoms with E-state index in [1.165, 1.54) is 13.1 Å². The van der Waals surface area contributed by atoms with Crippen molar-refractivity contribution in [2.45, 2.75) is 38.3 Å². The third-order valence-corrected chi connectivity index (χ3v) is 6.63. The molecule has 0 unspecified atom stereocenters. The number of aromatic nitrogens is 3. The van der Waals surface area contributed by atoms with Crippen molar-refractivity contribution in [3.8, 4) is 0 Å². The van der Waals surface area contributed by atoms with Gasteiger partial charge in [-0.05, 0) is 30.0 Å². The number of nitrogens with two attached hydrogens (primary N) is 1. The minimum atomic E-state index is -1.42. The van der Waals surface area contributed by atoms with E-state index in [9.17, 15) is 14.4 Å². The SMILES string of the molecule is CC(=O)N(c1cn(C2CC(OC(=O)c3ncccc3C)(C(N)=O)C2)cn1)c1cccc2ccccc12. The van der Waals surface area contributed by atoms with Gasteiger partial charge < -0.3 is 15.0 Å². The topological polar surface area (TPSA) is 120 Å². The van der Waals surface area contributed by atoms with Crippen molar-refractivity contribution in [1.29, 1.82) is 0 Å².